The van der Waals surface area contributed by atoms with Crippen molar-refractivity contribution in [3.05, 3.63) is 0 Å². The highest BCUT2D eigenvalue weighted by atomic mass is 15.2. The molecule has 2 N–H and O–H groups in total. The molecule has 0 amide bonds. The Morgan fingerprint density at radius 3 is 2.77 bits per heavy atom. The summed E-state index contributed by atoms with van der Waals surface area (Å²) in [6.07, 6.45) is 1.37. The van der Waals surface area contributed by atoms with Crippen LogP contribution in [0.1, 0.15) is 13.3 Å². The lowest BCUT2D eigenvalue weighted by Crippen LogP contribution is -2.51. The van der Waals surface area contributed by atoms with Crippen LogP contribution in [-0.4, -0.2) is 50.2 Å². The second kappa shape index (κ2) is 4.40. The van der Waals surface area contributed by atoms with Gasteiger partial charge in [-0.15, -0.1) is 0 Å². The van der Waals surface area contributed by atoms with E-state index in [-0.39, 0.29) is 0 Å². The first-order chi connectivity index (χ1) is 6.36. The summed E-state index contributed by atoms with van der Waals surface area (Å²) in [5.74, 6) is 0.903. The average Bonchev–Trinajstić information content (AvgIpc) is 2.61. The van der Waals surface area contributed by atoms with E-state index in [0.29, 0.717) is 0 Å². The summed E-state index contributed by atoms with van der Waals surface area (Å²) in [6.45, 7) is 9.66. The van der Waals surface area contributed by atoms with Crippen molar-refractivity contribution >= 4 is 0 Å². The molecule has 0 aromatic carbocycles. The van der Waals surface area contributed by atoms with Crippen LogP contribution in [-0.2, 0) is 0 Å². The van der Waals surface area contributed by atoms with Crippen molar-refractivity contribution in [2.75, 3.05) is 39.3 Å². The molecule has 2 aliphatic rings. The van der Waals surface area contributed by atoms with Gasteiger partial charge in [-0.2, -0.15) is 0 Å². The molecule has 2 atom stereocenters. The van der Waals surface area contributed by atoms with Gasteiger partial charge >= 0.3 is 0 Å². The Balaban J connectivity index is 1.78. The molecule has 0 aromatic rings. The van der Waals surface area contributed by atoms with E-state index in [4.69, 9.17) is 0 Å². The molecule has 0 aliphatic carbocycles. The maximum absolute atomic E-state index is 3.43. The van der Waals surface area contributed by atoms with Gasteiger partial charge < -0.3 is 10.6 Å². The highest BCUT2D eigenvalue weighted by Gasteiger charge is 2.23. The van der Waals surface area contributed by atoms with Gasteiger partial charge in [-0.1, -0.05) is 0 Å². The summed E-state index contributed by atoms with van der Waals surface area (Å²) in [5, 5.41) is 6.87. The predicted octanol–water partition coefficient (Wildman–Crippen LogP) is -0.110. The molecular weight excluding hydrogens is 162 g/mol. The lowest BCUT2D eigenvalue weighted by atomic mass is 10.1. The fourth-order valence-electron chi connectivity index (χ4n) is 2.36. The van der Waals surface area contributed by atoms with Gasteiger partial charge in [0.1, 0.15) is 0 Å². The van der Waals surface area contributed by atoms with Gasteiger partial charge in [0.25, 0.3) is 0 Å². The maximum Gasteiger partial charge on any atom is 0.0193 e. The quantitative estimate of drug-likeness (QED) is 0.625. The molecule has 3 nitrogen and oxygen atoms in total. The Morgan fingerprint density at radius 1 is 1.23 bits per heavy atom. The number of hydrogen-bond acceptors (Lipinski definition) is 3. The molecule has 76 valence electrons. The molecule has 3 heteroatoms. The Morgan fingerprint density at radius 2 is 2.08 bits per heavy atom. The van der Waals surface area contributed by atoms with Crippen molar-refractivity contribution in [1.82, 2.24) is 15.5 Å². The van der Waals surface area contributed by atoms with Gasteiger partial charge in [0.2, 0.25) is 0 Å². The summed E-state index contributed by atoms with van der Waals surface area (Å²) >= 11 is 0. The third kappa shape index (κ3) is 2.42. The van der Waals surface area contributed by atoms with Gasteiger partial charge in [0.15, 0.2) is 0 Å². The van der Waals surface area contributed by atoms with Crippen LogP contribution in [0, 0.1) is 5.92 Å². The first-order valence-corrected chi connectivity index (χ1v) is 5.52. The highest BCUT2D eigenvalue weighted by Crippen LogP contribution is 2.12. The second-order valence-electron chi connectivity index (χ2n) is 4.41. The SMILES string of the molecule is C[C@H]1CNCCN1CC1CCNC1. The zero-order valence-corrected chi connectivity index (χ0v) is 8.55. The summed E-state index contributed by atoms with van der Waals surface area (Å²) < 4.78 is 0. The fraction of sp³-hybridized carbons (Fsp3) is 1.00. The third-order valence-electron chi connectivity index (χ3n) is 3.29. The minimum absolute atomic E-state index is 0.731. The van der Waals surface area contributed by atoms with Crippen LogP contribution in [0.15, 0.2) is 0 Å². The van der Waals surface area contributed by atoms with Crippen molar-refractivity contribution in [3.63, 3.8) is 0 Å². The number of nitrogens with zero attached hydrogens (tertiary/aromatic N) is 1. The lowest BCUT2D eigenvalue weighted by molar-refractivity contribution is 0.152. The van der Waals surface area contributed by atoms with Crippen LogP contribution >= 0.6 is 0 Å². The van der Waals surface area contributed by atoms with E-state index in [1.54, 1.807) is 0 Å². The zero-order valence-electron chi connectivity index (χ0n) is 8.55. The normalized spacial score (nSPS) is 36.7. The van der Waals surface area contributed by atoms with Crippen LogP contribution in [0.2, 0.25) is 0 Å². The van der Waals surface area contributed by atoms with Crippen LogP contribution in [0.4, 0.5) is 0 Å². The van der Waals surface area contributed by atoms with Crippen molar-refractivity contribution in [1.29, 1.82) is 0 Å². The first kappa shape index (κ1) is 9.44. The van der Waals surface area contributed by atoms with E-state index in [2.05, 4.69) is 22.5 Å². The predicted molar refractivity (Wildman–Crippen MR) is 54.9 cm³/mol. The van der Waals surface area contributed by atoms with Crippen LogP contribution < -0.4 is 10.6 Å². The standard InChI is InChI=1S/C10H21N3/c1-9-6-12-4-5-13(9)8-10-2-3-11-7-10/h9-12H,2-8H2,1H3/t9-,10?/m0/s1. The third-order valence-corrected chi connectivity index (χ3v) is 3.29. The number of piperazine rings is 1. The first-order valence-electron chi connectivity index (χ1n) is 5.52. The number of nitrogens with one attached hydrogen (secondary N) is 2. The molecule has 2 rings (SSSR count). The molecule has 2 heterocycles. The molecule has 0 saturated carbocycles. The zero-order chi connectivity index (χ0) is 9.10. The van der Waals surface area contributed by atoms with Crippen LogP contribution in [0.25, 0.3) is 0 Å². The molecule has 0 bridgehead atoms. The molecule has 13 heavy (non-hydrogen) atoms. The topological polar surface area (TPSA) is 27.3 Å². The second-order valence-corrected chi connectivity index (χ2v) is 4.41. The van der Waals surface area contributed by atoms with Gasteiger partial charge in [-0.25, -0.2) is 0 Å². The molecule has 2 fully saturated rings. The van der Waals surface area contributed by atoms with Crippen molar-refractivity contribution < 1.29 is 0 Å². The molecule has 0 spiro atoms. The minimum Gasteiger partial charge on any atom is -0.316 e. The lowest BCUT2D eigenvalue weighted by Gasteiger charge is -2.35. The summed E-state index contributed by atoms with van der Waals surface area (Å²) in [4.78, 5) is 2.63. The molecule has 1 unspecified atom stereocenters. The van der Waals surface area contributed by atoms with Gasteiger partial charge in [0.05, 0.1) is 0 Å². The largest absolute Gasteiger partial charge is 0.316 e. The minimum atomic E-state index is 0.731. The Bertz CT molecular complexity index is 154. The van der Waals surface area contributed by atoms with Crippen LogP contribution in [0.3, 0.4) is 0 Å². The average molecular weight is 183 g/mol. The van der Waals surface area contributed by atoms with Gasteiger partial charge in [-0.3, -0.25) is 4.90 Å². The summed E-state index contributed by atoms with van der Waals surface area (Å²) in [5.41, 5.74) is 0. The van der Waals surface area contributed by atoms with Crippen molar-refractivity contribution in [2.45, 2.75) is 19.4 Å². The van der Waals surface area contributed by atoms with Gasteiger partial charge in [-0.05, 0) is 32.4 Å². The Labute approximate surface area is 80.9 Å². The van der Waals surface area contributed by atoms with E-state index in [1.165, 1.54) is 45.7 Å². The van der Waals surface area contributed by atoms with E-state index < -0.39 is 0 Å². The molecule has 2 saturated heterocycles. The monoisotopic (exact) mass is 183 g/mol. The van der Waals surface area contributed by atoms with Crippen molar-refractivity contribution in [2.24, 2.45) is 5.92 Å². The smallest absolute Gasteiger partial charge is 0.0193 e. The molecule has 2 aliphatic heterocycles. The molecule has 0 aromatic heterocycles. The van der Waals surface area contributed by atoms with E-state index in [1.807, 2.05) is 0 Å². The van der Waals surface area contributed by atoms with E-state index in [0.717, 1.165) is 12.0 Å². The van der Waals surface area contributed by atoms with E-state index in [9.17, 15) is 0 Å². The number of rotatable bonds is 2. The van der Waals surface area contributed by atoms with Gasteiger partial charge in [0, 0.05) is 32.2 Å². The summed E-state index contributed by atoms with van der Waals surface area (Å²) in [6, 6.07) is 0.731. The van der Waals surface area contributed by atoms with Crippen molar-refractivity contribution in [3.8, 4) is 0 Å². The maximum atomic E-state index is 3.43. The highest BCUT2D eigenvalue weighted by molar-refractivity contribution is 4.81. The Kier molecular flexibility index (Phi) is 3.19. The molecule has 0 radical (unpaired) electrons. The van der Waals surface area contributed by atoms with E-state index >= 15 is 0 Å². The summed E-state index contributed by atoms with van der Waals surface area (Å²) in [7, 11) is 0. The van der Waals surface area contributed by atoms with Crippen LogP contribution in [0.5, 0.6) is 0 Å². The number of hydrogen-bond donors (Lipinski definition) is 2. The molecular formula is C10H21N3. The fourth-order valence-corrected chi connectivity index (χ4v) is 2.36. The Hall–Kier alpha value is -0.120.